The Kier molecular flexibility index (Phi) is 7.13. The van der Waals surface area contributed by atoms with Gasteiger partial charge in [0.05, 0.1) is 19.1 Å². The molecule has 0 aliphatic heterocycles. The van der Waals surface area contributed by atoms with Crippen molar-refractivity contribution in [1.82, 2.24) is 10.2 Å². The van der Waals surface area contributed by atoms with Crippen molar-refractivity contribution in [3.05, 3.63) is 34.9 Å². The summed E-state index contributed by atoms with van der Waals surface area (Å²) in [6.07, 6.45) is 2.02. The first-order chi connectivity index (χ1) is 10.0. The Morgan fingerprint density at radius 1 is 1.36 bits per heavy atom. The highest BCUT2D eigenvalue weighted by Gasteiger charge is 2.36. The van der Waals surface area contributed by atoms with Gasteiger partial charge in [0, 0.05) is 11.1 Å². The fraction of sp³-hybridized carbons (Fsp3) is 0.467. The van der Waals surface area contributed by atoms with Gasteiger partial charge in [-0.2, -0.15) is 0 Å². The van der Waals surface area contributed by atoms with Gasteiger partial charge in [-0.05, 0) is 37.5 Å². The average Bonchev–Trinajstić information content (AvgIpc) is 3.30. The van der Waals surface area contributed by atoms with Gasteiger partial charge in [0.1, 0.15) is 0 Å². The first-order valence-electron chi connectivity index (χ1n) is 7.06. The van der Waals surface area contributed by atoms with E-state index in [2.05, 4.69) is 5.32 Å². The van der Waals surface area contributed by atoms with E-state index >= 15 is 0 Å². The van der Waals surface area contributed by atoms with Gasteiger partial charge in [0.25, 0.3) is 0 Å². The predicted molar refractivity (Wildman–Crippen MR) is 89.0 cm³/mol. The average molecular weight is 346 g/mol. The van der Waals surface area contributed by atoms with Crippen molar-refractivity contribution < 1.29 is 9.59 Å². The smallest absolute Gasteiger partial charge is 0.242 e. The number of halogens is 2. The minimum atomic E-state index is -0.321. The second kappa shape index (κ2) is 8.36. The Bertz CT molecular complexity index is 518. The molecule has 1 aliphatic carbocycles. The molecule has 1 aromatic carbocycles. The summed E-state index contributed by atoms with van der Waals surface area (Å²) < 4.78 is 0. The summed E-state index contributed by atoms with van der Waals surface area (Å²) in [5, 5.41) is 3.21. The maximum atomic E-state index is 12.4. The predicted octanol–water partition coefficient (Wildman–Crippen LogP) is 1.89. The number of hydrogen-bond donors (Lipinski definition) is 2. The number of nitrogens with one attached hydrogen (secondary N) is 1. The van der Waals surface area contributed by atoms with Gasteiger partial charge in [-0.25, -0.2) is 0 Å². The molecule has 0 radical (unpaired) electrons. The fourth-order valence-electron chi connectivity index (χ4n) is 2.33. The summed E-state index contributed by atoms with van der Waals surface area (Å²) in [6, 6.07) is 7.70. The summed E-state index contributed by atoms with van der Waals surface area (Å²) in [7, 11) is 0. The number of carbonyl (C=O) groups excluding carboxylic acids is 2. The molecular weight excluding hydrogens is 325 g/mol. The zero-order chi connectivity index (χ0) is 15.4. The minimum Gasteiger partial charge on any atom is -0.346 e. The van der Waals surface area contributed by atoms with Crippen LogP contribution in [0.2, 0.25) is 5.02 Å². The lowest BCUT2D eigenvalue weighted by Gasteiger charge is -2.30. The maximum Gasteiger partial charge on any atom is 0.242 e. The number of carbonyl (C=O) groups is 2. The van der Waals surface area contributed by atoms with Crippen LogP contribution in [0.4, 0.5) is 0 Å². The molecular formula is C15H21Cl2N3O2. The molecule has 122 valence electrons. The lowest BCUT2D eigenvalue weighted by Crippen LogP contribution is -2.43. The molecule has 7 heteroatoms. The second-order valence-corrected chi connectivity index (χ2v) is 5.68. The van der Waals surface area contributed by atoms with Gasteiger partial charge >= 0.3 is 0 Å². The van der Waals surface area contributed by atoms with Gasteiger partial charge in [0.2, 0.25) is 11.8 Å². The molecule has 1 aromatic rings. The molecule has 0 heterocycles. The van der Waals surface area contributed by atoms with Crippen LogP contribution in [0.5, 0.6) is 0 Å². The van der Waals surface area contributed by atoms with E-state index in [0.29, 0.717) is 5.02 Å². The van der Waals surface area contributed by atoms with Crippen molar-refractivity contribution in [1.29, 1.82) is 0 Å². The zero-order valence-corrected chi connectivity index (χ0v) is 14.0. The largest absolute Gasteiger partial charge is 0.346 e. The Labute approximate surface area is 141 Å². The molecule has 1 atom stereocenters. The van der Waals surface area contributed by atoms with E-state index < -0.39 is 0 Å². The van der Waals surface area contributed by atoms with Crippen molar-refractivity contribution in [2.75, 3.05) is 13.1 Å². The van der Waals surface area contributed by atoms with Gasteiger partial charge < -0.3 is 16.0 Å². The molecule has 2 amide bonds. The van der Waals surface area contributed by atoms with E-state index in [1.165, 1.54) is 0 Å². The van der Waals surface area contributed by atoms with Crippen LogP contribution in [0.15, 0.2) is 24.3 Å². The highest BCUT2D eigenvalue weighted by atomic mass is 35.5. The second-order valence-electron chi connectivity index (χ2n) is 5.24. The van der Waals surface area contributed by atoms with Crippen LogP contribution >= 0.6 is 24.0 Å². The highest BCUT2D eigenvalue weighted by molar-refractivity contribution is 6.30. The van der Waals surface area contributed by atoms with Crippen molar-refractivity contribution in [3.63, 3.8) is 0 Å². The summed E-state index contributed by atoms with van der Waals surface area (Å²) >= 11 is 5.89. The van der Waals surface area contributed by atoms with E-state index in [0.717, 1.165) is 18.4 Å². The molecule has 1 aliphatic rings. The van der Waals surface area contributed by atoms with E-state index in [1.54, 1.807) is 0 Å². The third-order valence-corrected chi connectivity index (χ3v) is 3.87. The third kappa shape index (κ3) is 4.87. The standard InChI is InChI=1S/C15H20ClN3O2.ClH/c1-10(11-2-4-12(16)5-3-11)19(13-6-7-13)15(21)9-18-14(20)8-17;/h2-5,10,13H,6-9,17H2,1H3,(H,18,20);1H. The molecule has 0 saturated heterocycles. The number of amides is 2. The molecule has 1 saturated carbocycles. The van der Waals surface area contributed by atoms with Crippen LogP contribution in [0, 0.1) is 0 Å². The van der Waals surface area contributed by atoms with Gasteiger partial charge in [-0.15, -0.1) is 12.4 Å². The van der Waals surface area contributed by atoms with Crippen LogP contribution in [0.25, 0.3) is 0 Å². The van der Waals surface area contributed by atoms with Gasteiger partial charge in [-0.3, -0.25) is 9.59 Å². The number of nitrogens with zero attached hydrogens (tertiary/aromatic N) is 1. The number of nitrogens with two attached hydrogens (primary N) is 1. The lowest BCUT2D eigenvalue weighted by atomic mass is 10.1. The van der Waals surface area contributed by atoms with Crippen LogP contribution in [0.3, 0.4) is 0 Å². The van der Waals surface area contributed by atoms with E-state index in [9.17, 15) is 9.59 Å². The van der Waals surface area contributed by atoms with Crippen LogP contribution in [-0.2, 0) is 9.59 Å². The molecule has 0 bridgehead atoms. The Hall–Kier alpha value is -1.30. The number of hydrogen-bond acceptors (Lipinski definition) is 3. The zero-order valence-electron chi connectivity index (χ0n) is 12.4. The topological polar surface area (TPSA) is 75.4 Å². The molecule has 0 spiro atoms. The first-order valence-corrected chi connectivity index (χ1v) is 7.44. The molecule has 1 unspecified atom stereocenters. The normalized spacial score (nSPS) is 14.7. The van der Waals surface area contributed by atoms with Crippen molar-refractivity contribution in [2.24, 2.45) is 5.73 Å². The molecule has 3 N–H and O–H groups in total. The molecule has 1 fully saturated rings. The van der Waals surface area contributed by atoms with E-state index in [1.807, 2.05) is 36.1 Å². The summed E-state index contributed by atoms with van der Waals surface area (Å²) in [6.45, 7) is 1.87. The summed E-state index contributed by atoms with van der Waals surface area (Å²) in [5.74, 6) is -0.403. The summed E-state index contributed by atoms with van der Waals surface area (Å²) in [4.78, 5) is 25.4. The molecule has 22 heavy (non-hydrogen) atoms. The SMILES string of the molecule is CC(c1ccc(Cl)cc1)N(C(=O)CNC(=O)CN)C1CC1.Cl. The van der Waals surface area contributed by atoms with E-state index in [-0.39, 0.29) is 49.4 Å². The first kappa shape index (κ1) is 18.7. The molecule has 0 aromatic heterocycles. The number of benzene rings is 1. The van der Waals surface area contributed by atoms with Gasteiger partial charge in [-0.1, -0.05) is 23.7 Å². The summed E-state index contributed by atoms with van der Waals surface area (Å²) in [5.41, 5.74) is 6.25. The van der Waals surface area contributed by atoms with Crippen LogP contribution in [0.1, 0.15) is 31.4 Å². The quantitative estimate of drug-likeness (QED) is 0.826. The highest BCUT2D eigenvalue weighted by Crippen LogP contribution is 2.34. The molecule has 5 nitrogen and oxygen atoms in total. The van der Waals surface area contributed by atoms with Crippen molar-refractivity contribution in [2.45, 2.75) is 31.8 Å². The fourth-order valence-corrected chi connectivity index (χ4v) is 2.45. The van der Waals surface area contributed by atoms with Gasteiger partial charge in [0.15, 0.2) is 0 Å². The Balaban J connectivity index is 0.00000242. The van der Waals surface area contributed by atoms with Crippen LogP contribution in [-0.4, -0.2) is 35.8 Å². The monoisotopic (exact) mass is 345 g/mol. The maximum absolute atomic E-state index is 12.4. The third-order valence-electron chi connectivity index (χ3n) is 3.62. The van der Waals surface area contributed by atoms with E-state index in [4.69, 9.17) is 17.3 Å². The Morgan fingerprint density at radius 3 is 2.45 bits per heavy atom. The van der Waals surface area contributed by atoms with Crippen molar-refractivity contribution >= 4 is 35.8 Å². The van der Waals surface area contributed by atoms with Crippen LogP contribution < -0.4 is 11.1 Å². The molecule has 2 rings (SSSR count). The minimum absolute atomic E-state index is 0. The Morgan fingerprint density at radius 2 is 1.95 bits per heavy atom. The van der Waals surface area contributed by atoms with Crippen molar-refractivity contribution in [3.8, 4) is 0 Å². The number of rotatable bonds is 6. The lowest BCUT2D eigenvalue weighted by molar-refractivity contribution is -0.135.